The summed E-state index contributed by atoms with van der Waals surface area (Å²) < 4.78 is 11.3. The number of nitrogens with zero attached hydrogens (tertiary/aromatic N) is 2. The maximum Gasteiger partial charge on any atom is 0.114 e. The molecule has 0 N–H and O–H groups in total. The van der Waals surface area contributed by atoms with Crippen molar-refractivity contribution >= 4 is 77.3 Å². The molecular weight excluding hydrogens is 476 g/mol. The monoisotopic (exact) mass is 484 g/mol. The SMILES string of the molecule is Cc1cc(-c2ccc3nsnc3c2-c2cc(C)c(Br)s2)sc1Br. The molecule has 4 rings (SSSR count). The predicted molar refractivity (Wildman–Crippen MR) is 109 cm³/mol. The number of aryl methyl sites for hydroxylation is 2. The Kier molecular flexibility index (Phi) is 4.18. The third kappa shape index (κ3) is 2.72. The third-order valence-electron chi connectivity index (χ3n) is 3.65. The quantitative estimate of drug-likeness (QED) is 0.298. The summed E-state index contributed by atoms with van der Waals surface area (Å²) in [4.78, 5) is 2.48. The Morgan fingerprint density at radius 2 is 1.52 bits per heavy atom. The molecule has 2 nitrogen and oxygen atoms in total. The topological polar surface area (TPSA) is 25.8 Å². The molecule has 4 aromatic rings. The Morgan fingerprint density at radius 3 is 2.13 bits per heavy atom. The first-order valence-electron chi connectivity index (χ1n) is 6.82. The molecule has 0 bridgehead atoms. The molecule has 0 atom stereocenters. The number of thiophene rings is 2. The van der Waals surface area contributed by atoms with Gasteiger partial charge in [-0.2, -0.15) is 8.75 Å². The van der Waals surface area contributed by atoms with Crippen LogP contribution in [-0.4, -0.2) is 8.75 Å². The van der Waals surface area contributed by atoms with Gasteiger partial charge in [0.1, 0.15) is 11.0 Å². The Hall–Kier alpha value is -0.600. The van der Waals surface area contributed by atoms with Crippen LogP contribution in [0.5, 0.6) is 0 Å². The Balaban J connectivity index is 2.06. The van der Waals surface area contributed by atoms with Crippen LogP contribution in [0.15, 0.2) is 31.8 Å². The minimum Gasteiger partial charge on any atom is -0.173 e. The van der Waals surface area contributed by atoms with E-state index in [4.69, 9.17) is 0 Å². The number of hydrogen-bond acceptors (Lipinski definition) is 5. The average molecular weight is 486 g/mol. The second kappa shape index (κ2) is 6.04. The van der Waals surface area contributed by atoms with Crippen LogP contribution in [0, 0.1) is 13.8 Å². The molecule has 116 valence electrons. The van der Waals surface area contributed by atoms with E-state index in [2.05, 4.69) is 78.7 Å². The summed E-state index contributed by atoms with van der Waals surface area (Å²) in [5.74, 6) is 0. The molecule has 0 fully saturated rings. The fraction of sp³-hybridized carbons (Fsp3) is 0.125. The molecule has 23 heavy (non-hydrogen) atoms. The number of hydrogen-bond donors (Lipinski definition) is 0. The molecular formula is C16H10Br2N2S3. The van der Waals surface area contributed by atoms with Gasteiger partial charge in [0.05, 0.1) is 19.3 Å². The highest BCUT2D eigenvalue weighted by Crippen LogP contribution is 2.45. The zero-order valence-corrected chi connectivity index (χ0v) is 17.8. The lowest BCUT2D eigenvalue weighted by Crippen LogP contribution is -1.83. The summed E-state index contributed by atoms with van der Waals surface area (Å²) in [6.07, 6.45) is 0. The zero-order valence-electron chi connectivity index (χ0n) is 12.2. The van der Waals surface area contributed by atoms with Crippen LogP contribution in [0.4, 0.5) is 0 Å². The van der Waals surface area contributed by atoms with Crippen molar-refractivity contribution in [2.45, 2.75) is 13.8 Å². The lowest BCUT2D eigenvalue weighted by Gasteiger charge is -2.07. The van der Waals surface area contributed by atoms with Crippen LogP contribution in [0.25, 0.3) is 31.9 Å². The molecule has 0 saturated heterocycles. The van der Waals surface area contributed by atoms with Gasteiger partial charge in [-0.15, -0.1) is 22.7 Å². The van der Waals surface area contributed by atoms with Gasteiger partial charge in [-0.05, 0) is 75.0 Å². The van der Waals surface area contributed by atoms with E-state index in [1.54, 1.807) is 22.7 Å². The van der Waals surface area contributed by atoms with Crippen LogP contribution >= 0.6 is 66.3 Å². The van der Waals surface area contributed by atoms with Gasteiger partial charge in [-0.25, -0.2) is 0 Å². The summed E-state index contributed by atoms with van der Waals surface area (Å²) in [5, 5.41) is 0. The first-order chi connectivity index (χ1) is 11.0. The highest BCUT2D eigenvalue weighted by atomic mass is 79.9. The second-order valence-electron chi connectivity index (χ2n) is 5.25. The molecule has 0 radical (unpaired) electrons. The van der Waals surface area contributed by atoms with Crippen LogP contribution in [-0.2, 0) is 0 Å². The van der Waals surface area contributed by atoms with Crippen molar-refractivity contribution in [3.05, 3.63) is 43.0 Å². The number of rotatable bonds is 2. The largest absolute Gasteiger partial charge is 0.173 e. The van der Waals surface area contributed by atoms with Gasteiger partial charge in [0.15, 0.2) is 0 Å². The Bertz CT molecular complexity index is 990. The van der Waals surface area contributed by atoms with Gasteiger partial charge in [0, 0.05) is 20.9 Å². The maximum absolute atomic E-state index is 4.56. The van der Waals surface area contributed by atoms with E-state index in [9.17, 15) is 0 Å². The van der Waals surface area contributed by atoms with Crippen LogP contribution in [0.2, 0.25) is 0 Å². The van der Waals surface area contributed by atoms with Crippen molar-refractivity contribution in [1.82, 2.24) is 8.75 Å². The molecule has 0 spiro atoms. The van der Waals surface area contributed by atoms with Gasteiger partial charge in [-0.1, -0.05) is 6.07 Å². The summed E-state index contributed by atoms with van der Waals surface area (Å²) in [6.45, 7) is 4.24. The zero-order chi connectivity index (χ0) is 16.1. The summed E-state index contributed by atoms with van der Waals surface area (Å²) in [7, 11) is 0. The van der Waals surface area contributed by atoms with Gasteiger partial charge in [0.2, 0.25) is 0 Å². The highest BCUT2D eigenvalue weighted by molar-refractivity contribution is 9.11. The van der Waals surface area contributed by atoms with Crippen LogP contribution < -0.4 is 0 Å². The fourth-order valence-electron chi connectivity index (χ4n) is 2.48. The number of aromatic nitrogens is 2. The number of halogens is 2. The van der Waals surface area contributed by atoms with Gasteiger partial charge >= 0.3 is 0 Å². The van der Waals surface area contributed by atoms with Crippen molar-refractivity contribution in [2.24, 2.45) is 0 Å². The molecule has 0 aliphatic rings. The molecule has 3 aromatic heterocycles. The minimum atomic E-state index is 0.961. The lowest BCUT2D eigenvalue weighted by atomic mass is 10.0. The number of fused-ring (bicyclic) bond motifs is 1. The van der Waals surface area contributed by atoms with E-state index in [-0.39, 0.29) is 0 Å². The standard InChI is InChI=1S/C16H10Br2N2S3/c1-7-5-11(21-15(7)17)9-3-4-10-14(20-23-19-10)13(9)12-6-8(2)16(18)22-12/h3-6H,1-2H3. The van der Waals surface area contributed by atoms with Crippen molar-refractivity contribution < 1.29 is 0 Å². The lowest BCUT2D eigenvalue weighted by molar-refractivity contribution is 1.52. The van der Waals surface area contributed by atoms with E-state index in [1.807, 2.05) is 0 Å². The van der Waals surface area contributed by atoms with E-state index < -0.39 is 0 Å². The molecule has 3 heterocycles. The molecule has 0 unspecified atom stereocenters. The van der Waals surface area contributed by atoms with E-state index >= 15 is 0 Å². The van der Waals surface area contributed by atoms with Gasteiger partial charge in [0.25, 0.3) is 0 Å². The van der Waals surface area contributed by atoms with Crippen molar-refractivity contribution in [3.63, 3.8) is 0 Å². The fourth-order valence-corrected chi connectivity index (χ4v) is 6.19. The van der Waals surface area contributed by atoms with E-state index in [0.717, 1.165) is 11.0 Å². The van der Waals surface area contributed by atoms with Crippen LogP contribution in [0.1, 0.15) is 11.1 Å². The second-order valence-corrected chi connectivity index (χ2v) is 10.5. The molecule has 7 heteroatoms. The first-order valence-corrected chi connectivity index (χ1v) is 10.8. The van der Waals surface area contributed by atoms with E-state index in [1.165, 1.54) is 51.3 Å². The molecule has 0 saturated carbocycles. The Labute approximate surface area is 162 Å². The minimum absolute atomic E-state index is 0.961. The smallest absolute Gasteiger partial charge is 0.114 e. The van der Waals surface area contributed by atoms with Crippen molar-refractivity contribution in [2.75, 3.05) is 0 Å². The third-order valence-corrected chi connectivity index (χ3v) is 8.52. The van der Waals surface area contributed by atoms with E-state index in [0.29, 0.717) is 0 Å². The van der Waals surface area contributed by atoms with Crippen molar-refractivity contribution in [3.8, 4) is 20.9 Å². The summed E-state index contributed by atoms with van der Waals surface area (Å²) in [6, 6.07) is 8.69. The molecule has 0 amide bonds. The summed E-state index contributed by atoms with van der Waals surface area (Å²) >= 11 is 12.1. The van der Waals surface area contributed by atoms with Gasteiger partial charge < -0.3 is 0 Å². The average Bonchev–Trinajstić information content (AvgIpc) is 3.19. The van der Waals surface area contributed by atoms with Crippen LogP contribution in [0.3, 0.4) is 0 Å². The van der Waals surface area contributed by atoms with Crippen molar-refractivity contribution in [1.29, 1.82) is 0 Å². The normalized spacial score (nSPS) is 11.5. The summed E-state index contributed by atoms with van der Waals surface area (Å²) in [5.41, 5.74) is 6.86. The highest BCUT2D eigenvalue weighted by Gasteiger charge is 2.19. The molecule has 0 aliphatic heterocycles. The molecule has 1 aromatic carbocycles. The maximum atomic E-state index is 4.56. The van der Waals surface area contributed by atoms with Gasteiger partial charge in [-0.3, -0.25) is 0 Å². The Morgan fingerprint density at radius 1 is 0.870 bits per heavy atom. The predicted octanol–water partition coefficient (Wildman–Crippen LogP) is 7.29. The molecule has 0 aliphatic carbocycles. The first kappa shape index (κ1) is 15.9. The number of benzene rings is 1.